The zero-order valence-electron chi connectivity index (χ0n) is 20.9. The van der Waals surface area contributed by atoms with Gasteiger partial charge in [-0.15, -0.1) is 11.3 Å². The van der Waals surface area contributed by atoms with Crippen LogP contribution in [0.3, 0.4) is 0 Å². The van der Waals surface area contributed by atoms with E-state index in [4.69, 9.17) is 0 Å². The summed E-state index contributed by atoms with van der Waals surface area (Å²) in [5.41, 5.74) is 1.76. The number of alkyl halides is 2. The second-order valence-electron chi connectivity index (χ2n) is 10.8. The summed E-state index contributed by atoms with van der Waals surface area (Å²) in [6.07, 6.45) is 1.14. The fraction of sp³-hybridized carbons (Fsp3) is 0.407. The fourth-order valence-electron chi connectivity index (χ4n) is 5.83. The number of nitrogens with zero attached hydrogens (tertiary/aromatic N) is 5. The highest BCUT2D eigenvalue weighted by Gasteiger charge is 2.72. The number of carbonyl (C=O) groups excluding carboxylic acids is 3. The van der Waals surface area contributed by atoms with Crippen LogP contribution in [0.5, 0.6) is 0 Å². The number of fused-ring (bicyclic) bond motifs is 2. The highest BCUT2D eigenvalue weighted by Crippen LogP contribution is 2.63. The molecule has 3 amide bonds. The number of nitriles is 1. The fourth-order valence-corrected chi connectivity index (χ4v) is 6.95. The van der Waals surface area contributed by atoms with Crippen LogP contribution in [0, 0.1) is 35.5 Å². The molecule has 0 aromatic carbocycles. The van der Waals surface area contributed by atoms with Gasteiger partial charge in [0.15, 0.2) is 0 Å². The molecule has 2 unspecified atom stereocenters. The summed E-state index contributed by atoms with van der Waals surface area (Å²) < 4.78 is 28.5. The van der Waals surface area contributed by atoms with E-state index >= 15 is 0 Å². The number of rotatable bonds is 4. The molecule has 8 nitrogen and oxygen atoms in total. The molecule has 3 aliphatic rings. The standard InChI is InChI=1S/C27H23F2N5O3S/c1-13-8-14(10-30)32-21(18(13)23(35)33-7-5-27(28,29)12-33)16-4-6-31-17-9-15(38-22(16)17)11-34-24(36)19-20(25(34)37)26(19,2)3/h4,6,8-9,19-20H,5,7,11-12H2,1-3H3. The van der Waals surface area contributed by atoms with Crippen LogP contribution < -0.4 is 0 Å². The molecule has 194 valence electrons. The molecule has 3 fully saturated rings. The van der Waals surface area contributed by atoms with Crippen LogP contribution in [0.2, 0.25) is 0 Å². The number of hydrogen-bond donors (Lipinski definition) is 0. The monoisotopic (exact) mass is 535 g/mol. The second-order valence-corrected chi connectivity index (χ2v) is 12.0. The van der Waals surface area contributed by atoms with Crippen molar-refractivity contribution >= 4 is 39.3 Å². The lowest BCUT2D eigenvalue weighted by Gasteiger charge is -2.20. The summed E-state index contributed by atoms with van der Waals surface area (Å²) in [7, 11) is 0. The van der Waals surface area contributed by atoms with Gasteiger partial charge in [0.1, 0.15) is 11.8 Å². The lowest BCUT2D eigenvalue weighted by molar-refractivity contribution is -0.143. The van der Waals surface area contributed by atoms with Crippen molar-refractivity contribution in [2.24, 2.45) is 17.3 Å². The van der Waals surface area contributed by atoms with E-state index in [0.717, 1.165) is 9.78 Å². The highest BCUT2D eigenvalue weighted by atomic mass is 32.1. The predicted octanol–water partition coefficient (Wildman–Crippen LogP) is 4.16. The van der Waals surface area contributed by atoms with Gasteiger partial charge in [-0.05, 0) is 36.1 Å². The van der Waals surface area contributed by atoms with Gasteiger partial charge in [0.05, 0.1) is 46.4 Å². The van der Waals surface area contributed by atoms with Crippen molar-refractivity contribution in [3.63, 3.8) is 0 Å². The average molecular weight is 536 g/mol. The Morgan fingerprint density at radius 3 is 2.58 bits per heavy atom. The second kappa shape index (κ2) is 8.11. The molecule has 0 N–H and O–H groups in total. The Balaban J connectivity index is 1.40. The van der Waals surface area contributed by atoms with Crippen molar-refractivity contribution in [1.29, 1.82) is 5.26 Å². The van der Waals surface area contributed by atoms with E-state index in [9.17, 15) is 28.4 Å². The minimum atomic E-state index is -2.95. The number of hydrogen-bond acceptors (Lipinski definition) is 7. The van der Waals surface area contributed by atoms with Crippen LogP contribution in [0.4, 0.5) is 8.78 Å². The summed E-state index contributed by atoms with van der Waals surface area (Å²) in [6.45, 7) is 4.89. The van der Waals surface area contributed by atoms with Crippen LogP contribution in [-0.2, 0) is 16.1 Å². The van der Waals surface area contributed by atoms with Crippen LogP contribution in [0.15, 0.2) is 24.4 Å². The Morgan fingerprint density at radius 1 is 1.24 bits per heavy atom. The van der Waals surface area contributed by atoms with Crippen molar-refractivity contribution in [3.05, 3.63) is 46.1 Å². The first-order valence-corrected chi connectivity index (χ1v) is 13.1. The molecule has 3 aromatic rings. The molecule has 38 heavy (non-hydrogen) atoms. The maximum atomic E-state index is 13.9. The van der Waals surface area contributed by atoms with E-state index in [-0.39, 0.29) is 59.1 Å². The first-order chi connectivity index (χ1) is 17.9. The maximum Gasteiger partial charge on any atom is 0.267 e. The van der Waals surface area contributed by atoms with Gasteiger partial charge in [-0.2, -0.15) is 5.26 Å². The van der Waals surface area contributed by atoms with Gasteiger partial charge in [0, 0.05) is 29.6 Å². The van der Waals surface area contributed by atoms with Crippen molar-refractivity contribution in [3.8, 4) is 17.3 Å². The number of piperidine rings is 1. The summed E-state index contributed by atoms with van der Waals surface area (Å²) in [5, 5.41) is 9.55. The van der Waals surface area contributed by atoms with Gasteiger partial charge in [-0.3, -0.25) is 24.3 Å². The third-order valence-corrected chi connectivity index (χ3v) is 9.07. The number of aromatic nitrogens is 2. The summed E-state index contributed by atoms with van der Waals surface area (Å²) in [4.78, 5) is 51.1. The lowest BCUT2D eigenvalue weighted by atomic mass is 9.99. The largest absolute Gasteiger partial charge is 0.332 e. The number of halogens is 2. The smallest absolute Gasteiger partial charge is 0.267 e. The summed E-state index contributed by atoms with van der Waals surface area (Å²) >= 11 is 1.32. The maximum absolute atomic E-state index is 13.9. The average Bonchev–Trinajstić information content (AvgIpc) is 3.20. The number of amides is 3. The Morgan fingerprint density at radius 2 is 1.95 bits per heavy atom. The van der Waals surface area contributed by atoms with Gasteiger partial charge in [0.25, 0.3) is 11.8 Å². The van der Waals surface area contributed by atoms with E-state index in [0.29, 0.717) is 21.3 Å². The molecule has 1 aliphatic carbocycles. The number of imide groups is 1. The van der Waals surface area contributed by atoms with Crippen molar-refractivity contribution in [2.75, 3.05) is 13.1 Å². The first-order valence-electron chi connectivity index (χ1n) is 12.2. The quantitative estimate of drug-likeness (QED) is 0.465. The SMILES string of the molecule is Cc1cc(C#N)nc(-c2ccnc3cc(CN4C(=O)C5C(C4=O)C5(C)C)sc23)c1C(=O)N1CCC(F)(F)C1. The zero-order valence-corrected chi connectivity index (χ0v) is 21.7. The number of aryl methyl sites for hydroxylation is 1. The van der Waals surface area contributed by atoms with Gasteiger partial charge < -0.3 is 4.90 Å². The summed E-state index contributed by atoms with van der Waals surface area (Å²) in [5.74, 6) is -4.38. The third kappa shape index (κ3) is 3.61. The Kier molecular flexibility index (Phi) is 5.24. The molecule has 11 heteroatoms. The molecule has 0 radical (unpaired) electrons. The lowest BCUT2D eigenvalue weighted by Crippen LogP contribution is -2.35. The van der Waals surface area contributed by atoms with Crippen LogP contribution in [0.1, 0.15) is 46.8 Å². The molecule has 0 bridgehead atoms. The molecule has 2 atom stereocenters. The number of carbonyl (C=O) groups is 3. The van der Waals surface area contributed by atoms with Crippen LogP contribution >= 0.6 is 11.3 Å². The minimum Gasteiger partial charge on any atom is -0.332 e. The molecule has 2 aliphatic heterocycles. The minimum absolute atomic E-state index is 0.0731. The van der Waals surface area contributed by atoms with Crippen molar-refractivity contribution in [2.45, 2.75) is 39.7 Å². The molecule has 6 rings (SSSR count). The summed E-state index contributed by atoms with van der Waals surface area (Å²) in [6, 6.07) is 6.94. The normalized spacial score (nSPS) is 23.2. The predicted molar refractivity (Wildman–Crippen MR) is 134 cm³/mol. The van der Waals surface area contributed by atoms with Crippen molar-refractivity contribution in [1.82, 2.24) is 19.8 Å². The molecule has 0 spiro atoms. The van der Waals surface area contributed by atoms with Gasteiger partial charge in [-0.25, -0.2) is 13.8 Å². The zero-order chi connectivity index (χ0) is 27.1. The van der Waals surface area contributed by atoms with E-state index in [1.165, 1.54) is 22.3 Å². The molecule has 2 saturated heterocycles. The molecule has 3 aromatic heterocycles. The van der Waals surface area contributed by atoms with Crippen molar-refractivity contribution < 1.29 is 23.2 Å². The number of pyridine rings is 2. The Labute approximate surface area is 220 Å². The number of thiophene rings is 1. The molecular formula is C27H23F2N5O3S. The van der Waals surface area contributed by atoms with Gasteiger partial charge >= 0.3 is 0 Å². The Hall–Kier alpha value is -3.78. The van der Waals surface area contributed by atoms with E-state index < -0.39 is 24.8 Å². The van der Waals surface area contributed by atoms with E-state index in [1.807, 2.05) is 19.9 Å². The first kappa shape index (κ1) is 24.6. The number of likely N-dealkylation sites (tertiary alicyclic amines) is 2. The van der Waals surface area contributed by atoms with Crippen LogP contribution in [0.25, 0.3) is 21.5 Å². The molecule has 5 heterocycles. The van der Waals surface area contributed by atoms with E-state index in [2.05, 4.69) is 9.97 Å². The molecular weight excluding hydrogens is 512 g/mol. The Bertz CT molecular complexity index is 1580. The van der Waals surface area contributed by atoms with Gasteiger partial charge in [0.2, 0.25) is 11.8 Å². The van der Waals surface area contributed by atoms with E-state index in [1.54, 1.807) is 25.3 Å². The highest BCUT2D eigenvalue weighted by molar-refractivity contribution is 7.19. The van der Waals surface area contributed by atoms with Gasteiger partial charge in [-0.1, -0.05) is 13.8 Å². The third-order valence-electron chi connectivity index (χ3n) is 7.93. The molecule has 1 saturated carbocycles. The van der Waals surface area contributed by atoms with Crippen LogP contribution in [-0.4, -0.2) is 56.5 Å². The topological polar surface area (TPSA) is 107 Å².